The van der Waals surface area contributed by atoms with E-state index in [-0.39, 0.29) is 39.7 Å². The zero-order valence-corrected chi connectivity index (χ0v) is 23.4. The third-order valence-corrected chi connectivity index (χ3v) is 7.73. The van der Waals surface area contributed by atoms with Crippen molar-refractivity contribution in [2.75, 3.05) is 6.73 Å². The molecule has 0 N–H and O–H groups in total. The molecule has 0 aliphatic heterocycles. The molecule has 3 aromatic heterocycles. The number of ketones is 2. The van der Waals surface area contributed by atoms with Crippen LogP contribution in [0.15, 0.2) is 40.2 Å². The molecule has 0 unspecified atom stereocenters. The van der Waals surface area contributed by atoms with E-state index < -0.39 is 41.7 Å². The van der Waals surface area contributed by atoms with E-state index in [0.29, 0.717) is 10.6 Å². The van der Waals surface area contributed by atoms with E-state index >= 15 is 0 Å². The number of carbonyl (C=O) groups excluding carboxylic acids is 2. The Morgan fingerprint density at radius 1 is 1.20 bits per heavy atom. The first kappa shape index (κ1) is 28.6. The molecule has 0 saturated heterocycles. The summed E-state index contributed by atoms with van der Waals surface area (Å²) in [6.07, 6.45) is 3.05. The van der Waals surface area contributed by atoms with Crippen LogP contribution in [0.2, 0.25) is 0 Å². The Morgan fingerprint density at radius 2 is 1.88 bits per heavy atom. The van der Waals surface area contributed by atoms with E-state index in [1.54, 1.807) is 6.92 Å². The lowest BCUT2D eigenvalue weighted by atomic mass is 9.91. The van der Waals surface area contributed by atoms with Gasteiger partial charge in [-0.1, -0.05) is 25.2 Å². The number of aryl methyl sites for hydroxylation is 1. The molecule has 1 aromatic carbocycles. The van der Waals surface area contributed by atoms with Crippen LogP contribution in [0.1, 0.15) is 50.0 Å². The lowest BCUT2D eigenvalue weighted by Gasteiger charge is -2.27. The molecule has 40 heavy (non-hydrogen) atoms. The predicted molar refractivity (Wildman–Crippen MR) is 147 cm³/mol. The van der Waals surface area contributed by atoms with Gasteiger partial charge in [0.1, 0.15) is 26.9 Å². The molecule has 4 rings (SSSR count). The average Bonchev–Trinajstić information content (AvgIpc) is 3.53. The number of hydrogen-bond acceptors (Lipinski definition) is 8. The zero-order chi connectivity index (χ0) is 29.4. The molecular formula is C27H27FN6O5S. The molecule has 0 aliphatic carbocycles. The number of ether oxygens (including phenoxy) is 1. The second-order valence-electron chi connectivity index (χ2n) is 10.1. The Labute approximate surface area is 232 Å². The van der Waals surface area contributed by atoms with Gasteiger partial charge in [-0.05, 0) is 44.9 Å². The van der Waals surface area contributed by atoms with Crippen molar-refractivity contribution in [3.63, 3.8) is 0 Å². The molecule has 0 aliphatic rings. The van der Waals surface area contributed by atoms with Gasteiger partial charge >= 0.3 is 12.4 Å². The SMILES string of the molecule is [C-]#[N+]COc1ccc(F)cc1C(=O)Cn1c(=O)n(C(C)(C)C(=O)CC(C)C)c(=O)c2c(C)c(-n3nccn3)sc21. The van der Waals surface area contributed by atoms with Gasteiger partial charge in [-0.2, -0.15) is 10.2 Å². The van der Waals surface area contributed by atoms with Crippen LogP contribution >= 0.6 is 11.3 Å². The van der Waals surface area contributed by atoms with Gasteiger partial charge in [0.2, 0.25) is 0 Å². The van der Waals surface area contributed by atoms with E-state index in [9.17, 15) is 23.6 Å². The van der Waals surface area contributed by atoms with Crippen LogP contribution in [0.25, 0.3) is 20.1 Å². The number of benzene rings is 1. The van der Waals surface area contributed by atoms with Crippen LogP contribution in [0.3, 0.4) is 0 Å². The highest BCUT2D eigenvalue weighted by molar-refractivity contribution is 7.21. The van der Waals surface area contributed by atoms with Gasteiger partial charge in [0.05, 0.1) is 29.9 Å². The van der Waals surface area contributed by atoms with Crippen LogP contribution in [0.4, 0.5) is 4.39 Å². The standard InChI is InChI=1S/C27H27FN6O5S/c1-15(2)11-21(36)27(4,5)33-23(37)22-16(3)24(34-30-9-10-31-34)40-25(22)32(26(33)38)13-19(35)18-12-17(28)7-8-20(18)39-14-29-6/h7-10,12,15H,11,13-14H2,1-5H3. The van der Waals surface area contributed by atoms with E-state index in [4.69, 9.17) is 11.3 Å². The van der Waals surface area contributed by atoms with Gasteiger partial charge in [-0.3, -0.25) is 23.8 Å². The van der Waals surface area contributed by atoms with Crippen molar-refractivity contribution in [1.82, 2.24) is 24.1 Å². The van der Waals surface area contributed by atoms with E-state index in [1.165, 1.54) is 37.1 Å². The second kappa shape index (κ2) is 11.0. The van der Waals surface area contributed by atoms with Gasteiger partial charge < -0.3 is 4.74 Å². The minimum atomic E-state index is -1.53. The first-order chi connectivity index (χ1) is 18.9. The summed E-state index contributed by atoms with van der Waals surface area (Å²) in [5, 5.41) is 8.85. The minimum absolute atomic E-state index is 0.0164. The highest BCUT2D eigenvalue weighted by Crippen LogP contribution is 2.31. The Morgan fingerprint density at radius 3 is 2.50 bits per heavy atom. The first-order valence-corrected chi connectivity index (χ1v) is 13.2. The Hall–Kier alpha value is -4.44. The molecule has 3 heterocycles. The highest BCUT2D eigenvalue weighted by Gasteiger charge is 2.35. The molecule has 0 saturated carbocycles. The number of aromatic nitrogens is 5. The summed E-state index contributed by atoms with van der Waals surface area (Å²) in [5.41, 5.74) is -2.77. The Bertz CT molecular complexity index is 1780. The highest BCUT2D eigenvalue weighted by atomic mass is 32.1. The molecule has 0 fully saturated rings. The summed E-state index contributed by atoms with van der Waals surface area (Å²) < 4.78 is 21.4. The maximum Gasteiger partial charge on any atom is 0.357 e. The van der Waals surface area contributed by atoms with Gasteiger partial charge in [-0.15, -0.1) is 4.80 Å². The zero-order valence-electron chi connectivity index (χ0n) is 22.6. The fourth-order valence-electron chi connectivity index (χ4n) is 4.40. The first-order valence-electron chi connectivity index (χ1n) is 12.4. The van der Waals surface area contributed by atoms with Crippen molar-refractivity contribution >= 4 is 33.1 Å². The molecule has 4 aromatic rings. The summed E-state index contributed by atoms with van der Waals surface area (Å²) in [7, 11) is 0. The Balaban J connectivity index is 1.99. The number of carbonyl (C=O) groups is 2. The topological polar surface area (TPSA) is 122 Å². The number of fused-ring (bicyclic) bond motifs is 1. The quantitative estimate of drug-likeness (QED) is 0.212. The van der Waals surface area contributed by atoms with Crippen LogP contribution in [-0.2, 0) is 16.9 Å². The number of halogens is 1. The molecule has 0 bridgehead atoms. The lowest BCUT2D eigenvalue weighted by Crippen LogP contribution is -2.53. The fourth-order valence-corrected chi connectivity index (χ4v) is 5.61. The van der Waals surface area contributed by atoms with Crippen molar-refractivity contribution in [3.8, 4) is 10.8 Å². The number of thiophene rings is 1. The van der Waals surface area contributed by atoms with Gasteiger partial charge in [0.25, 0.3) is 5.56 Å². The van der Waals surface area contributed by atoms with Crippen molar-refractivity contribution in [2.24, 2.45) is 5.92 Å². The molecule has 0 atom stereocenters. The normalized spacial score (nSPS) is 11.7. The van der Waals surface area contributed by atoms with Crippen molar-refractivity contribution in [2.45, 2.75) is 53.1 Å². The van der Waals surface area contributed by atoms with E-state index in [0.717, 1.165) is 32.6 Å². The van der Waals surface area contributed by atoms with Crippen LogP contribution < -0.4 is 16.0 Å². The molecule has 0 radical (unpaired) electrons. The van der Waals surface area contributed by atoms with E-state index in [1.807, 2.05) is 13.8 Å². The van der Waals surface area contributed by atoms with Gasteiger partial charge in [-0.25, -0.2) is 20.3 Å². The lowest BCUT2D eigenvalue weighted by molar-refractivity contribution is -0.127. The van der Waals surface area contributed by atoms with Gasteiger partial charge in [0, 0.05) is 12.0 Å². The molecule has 0 amide bonds. The maximum absolute atomic E-state index is 14.1. The van der Waals surface area contributed by atoms with Crippen molar-refractivity contribution in [1.29, 1.82) is 0 Å². The molecule has 11 nitrogen and oxygen atoms in total. The van der Waals surface area contributed by atoms with Crippen LogP contribution in [0, 0.1) is 25.2 Å². The smallest absolute Gasteiger partial charge is 0.357 e. The Kier molecular flexibility index (Phi) is 7.84. The number of Topliss-reactive ketones (excluding diaryl/α,β-unsaturated/α-hetero) is 2. The van der Waals surface area contributed by atoms with E-state index in [2.05, 4.69) is 15.0 Å². The predicted octanol–water partition coefficient (Wildman–Crippen LogP) is 3.74. The monoisotopic (exact) mass is 566 g/mol. The number of nitrogens with zero attached hydrogens (tertiary/aromatic N) is 6. The summed E-state index contributed by atoms with van der Waals surface area (Å²) in [6.45, 7) is 14.4. The third-order valence-electron chi connectivity index (χ3n) is 6.45. The van der Waals surface area contributed by atoms with Crippen molar-refractivity contribution in [3.05, 3.63) is 79.8 Å². The summed E-state index contributed by atoms with van der Waals surface area (Å²) >= 11 is 1.04. The largest absolute Gasteiger partial charge is 0.425 e. The fraction of sp³-hybridized carbons (Fsp3) is 0.370. The van der Waals surface area contributed by atoms with Gasteiger partial charge in [0.15, 0.2) is 11.6 Å². The van der Waals surface area contributed by atoms with Crippen LogP contribution in [-0.4, -0.2) is 42.4 Å². The summed E-state index contributed by atoms with van der Waals surface area (Å²) in [4.78, 5) is 59.2. The number of hydrogen-bond donors (Lipinski definition) is 0. The average molecular weight is 567 g/mol. The minimum Gasteiger partial charge on any atom is -0.425 e. The van der Waals surface area contributed by atoms with Crippen molar-refractivity contribution < 1.29 is 18.7 Å². The summed E-state index contributed by atoms with van der Waals surface area (Å²) in [6, 6.07) is 3.29. The summed E-state index contributed by atoms with van der Waals surface area (Å²) in [5.74, 6) is -1.75. The molecule has 208 valence electrons. The third kappa shape index (κ3) is 5.10. The number of rotatable bonds is 10. The molecule has 13 heteroatoms. The maximum atomic E-state index is 14.1. The second-order valence-corrected chi connectivity index (χ2v) is 11.1. The molecular weight excluding hydrogens is 539 g/mol. The van der Waals surface area contributed by atoms with Crippen LogP contribution in [0.5, 0.6) is 5.75 Å². The molecule has 0 spiro atoms.